The second-order valence-electron chi connectivity index (χ2n) is 5.26. The van der Waals surface area contributed by atoms with E-state index < -0.39 is 5.60 Å². The first-order valence-electron chi connectivity index (χ1n) is 5.55. The van der Waals surface area contributed by atoms with Gasteiger partial charge in [0.1, 0.15) is 5.60 Å². The van der Waals surface area contributed by atoms with Gasteiger partial charge in [-0.25, -0.2) is 4.79 Å². The zero-order valence-corrected chi connectivity index (χ0v) is 9.62. The molecule has 2 aliphatic rings. The molecule has 83 valence electrons. The van der Waals surface area contributed by atoms with E-state index in [0.717, 1.165) is 19.3 Å². The van der Waals surface area contributed by atoms with Gasteiger partial charge in [-0.05, 0) is 46.1 Å². The molecule has 2 unspecified atom stereocenters. The van der Waals surface area contributed by atoms with Gasteiger partial charge in [0.25, 0.3) is 0 Å². The lowest BCUT2D eigenvalue weighted by Gasteiger charge is -2.33. The molecule has 0 N–H and O–H groups in total. The lowest BCUT2D eigenvalue weighted by molar-refractivity contribution is 0.0168. The lowest BCUT2D eigenvalue weighted by atomic mass is 10.1. The molecule has 0 aromatic heterocycles. The maximum Gasteiger partial charge on any atom is 0.411 e. The molecule has 0 aromatic rings. The molecule has 1 amide bonds. The highest BCUT2D eigenvalue weighted by atomic mass is 16.6. The fraction of sp³-hybridized carbons (Fsp3) is 0.750. The smallest absolute Gasteiger partial charge is 0.411 e. The highest BCUT2D eigenvalue weighted by Gasteiger charge is 2.39. The Morgan fingerprint density at radius 1 is 1.47 bits per heavy atom. The molecular formula is C12H18NO2. The highest BCUT2D eigenvalue weighted by molar-refractivity contribution is 5.70. The van der Waals surface area contributed by atoms with Crippen molar-refractivity contribution in [3.05, 3.63) is 12.2 Å². The Morgan fingerprint density at radius 3 is 2.80 bits per heavy atom. The van der Waals surface area contributed by atoms with Crippen LogP contribution in [0.5, 0.6) is 0 Å². The summed E-state index contributed by atoms with van der Waals surface area (Å²) in [5, 5.41) is 0. The molecule has 0 spiro atoms. The minimum atomic E-state index is -0.401. The molecule has 0 saturated carbocycles. The summed E-state index contributed by atoms with van der Waals surface area (Å²) in [5.41, 5.74) is -0.401. The van der Waals surface area contributed by atoms with Gasteiger partial charge in [-0.1, -0.05) is 6.08 Å². The van der Waals surface area contributed by atoms with Crippen molar-refractivity contribution in [1.82, 2.24) is 4.90 Å². The predicted molar refractivity (Wildman–Crippen MR) is 57.3 cm³/mol. The van der Waals surface area contributed by atoms with Crippen LogP contribution in [-0.4, -0.2) is 28.7 Å². The van der Waals surface area contributed by atoms with Crippen molar-refractivity contribution in [2.45, 2.75) is 57.7 Å². The Labute approximate surface area is 91.1 Å². The Bertz CT molecular complexity index is 290. The molecule has 15 heavy (non-hydrogen) atoms. The number of fused-ring (bicyclic) bond motifs is 2. The van der Waals surface area contributed by atoms with Gasteiger partial charge in [0.2, 0.25) is 0 Å². The first-order chi connectivity index (χ1) is 6.97. The van der Waals surface area contributed by atoms with Crippen LogP contribution >= 0.6 is 0 Å². The number of hydrogen-bond donors (Lipinski definition) is 0. The molecule has 3 nitrogen and oxygen atoms in total. The van der Waals surface area contributed by atoms with E-state index >= 15 is 0 Å². The van der Waals surface area contributed by atoms with E-state index in [1.807, 2.05) is 31.7 Å². The molecule has 0 aliphatic carbocycles. The molecule has 0 aromatic carbocycles. The van der Waals surface area contributed by atoms with Crippen LogP contribution in [-0.2, 0) is 4.74 Å². The standard InChI is InChI=1S/C12H18NO2/c1-12(2,3)15-11(14)13-9-5-4-6-10(13)8-7-9/h5,9-10H,6-8H2,1-3H3. The van der Waals surface area contributed by atoms with Crippen LogP contribution in [0, 0.1) is 6.08 Å². The van der Waals surface area contributed by atoms with Crippen molar-refractivity contribution in [2.24, 2.45) is 0 Å². The zero-order chi connectivity index (χ0) is 11.1. The fourth-order valence-corrected chi connectivity index (χ4v) is 2.22. The SMILES string of the molecule is CC(C)(C)OC(=O)N1C2C=[C]CC1CC2. The van der Waals surface area contributed by atoms with Crippen LogP contribution in [0.1, 0.15) is 40.0 Å². The molecule has 2 heterocycles. The monoisotopic (exact) mass is 208 g/mol. The van der Waals surface area contributed by atoms with Crippen molar-refractivity contribution in [2.75, 3.05) is 0 Å². The van der Waals surface area contributed by atoms with Crippen LogP contribution in [0.15, 0.2) is 6.08 Å². The summed E-state index contributed by atoms with van der Waals surface area (Å²) in [6.07, 6.45) is 8.04. The van der Waals surface area contributed by atoms with Gasteiger partial charge in [-0.15, -0.1) is 0 Å². The van der Waals surface area contributed by atoms with E-state index in [1.165, 1.54) is 0 Å². The summed E-state index contributed by atoms with van der Waals surface area (Å²) in [6.45, 7) is 5.70. The largest absolute Gasteiger partial charge is 0.444 e. The van der Waals surface area contributed by atoms with Gasteiger partial charge >= 0.3 is 6.09 Å². The average Bonchev–Trinajstić information content (AvgIpc) is 2.34. The highest BCUT2D eigenvalue weighted by Crippen LogP contribution is 2.32. The summed E-state index contributed by atoms with van der Waals surface area (Å²) >= 11 is 0. The van der Waals surface area contributed by atoms with Crippen LogP contribution in [0.3, 0.4) is 0 Å². The van der Waals surface area contributed by atoms with Crippen molar-refractivity contribution in [1.29, 1.82) is 0 Å². The predicted octanol–water partition coefficient (Wildman–Crippen LogP) is 2.52. The summed E-state index contributed by atoms with van der Waals surface area (Å²) in [7, 11) is 0. The summed E-state index contributed by atoms with van der Waals surface area (Å²) in [6, 6.07) is 0.536. The maximum atomic E-state index is 11.9. The molecule has 2 atom stereocenters. The molecule has 1 radical (unpaired) electrons. The van der Waals surface area contributed by atoms with E-state index in [-0.39, 0.29) is 12.1 Å². The minimum absolute atomic E-state index is 0.173. The van der Waals surface area contributed by atoms with Gasteiger partial charge < -0.3 is 4.74 Å². The Balaban J connectivity index is 2.05. The molecule has 2 aliphatic heterocycles. The van der Waals surface area contributed by atoms with Gasteiger partial charge in [0.05, 0.1) is 6.04 Å². The third-order valence-electron chi connectivity index (χ3n) is 2.81. The van der Waals surface area contributed by atoms with E-state index in [0.29, 0.717) is 6.04 Å². The van der Waals surface area contributed by atoms with Gasteiger partial charge in [0.15, 0.2) is 0 Å². The lowest BCUT2D eigenvalue weighted by Crippen LogP contribution is -2.44. The van der Waals surface area contributed by atoms with E-state index in [9.17, 15) is 4.79 Å². The molecule has 2 bridgehead atoms. The Kier molecular flexibility index (Phi) is 2.49. The molecular weight excluding hydrogens is 190 g/mol. The van der Waals surface area contributed by atoms with E-state index in [1.54, 1.807) is 0 Å². The van der Waals surface area contributed by atoms with Crippen molar-refractivity contribution in [3.8, 4) is 0 Å². The quantitative estimate of drug-likeness (QED) is 0.612. The first-order valence-corrected chi connectivity index (χ1v) is 5.55. The molecule has 1 fully saturated rings. The number of carbonyl (C=O) groups excluding carboxylic acids is 1. The van der Waals surface area contributed by atoms with Gasteiger partial charge in [-0.2, -0.15) is 0 Å². The number of nitrogens with zero attached hydrogens (tertiary/aromatic N) is 1. The third kappa shape index (κ3) is 2.16. The van der Waals surface area contributed by atoms with Crippen LogP contribution in [0.2, 0.25) is 0 Å². The van der Waals surface area contributed by atoms with Gasteiger partial charge in [0, 0.05) is 6.04 Å². The summed E-state index contributed by atoms with van der Waals surface area (Å²) in [5.74, 6) is 0. The van der Waals surface area contributed by atoms with Gasteiger partial charge in [-0.3, -0.25) is 4.90 Å². The van der Waals surface area contributed by atoms with Crippen LogP contribution in [0.25, 0.3) is 0 Å². The number of ether oxygens (including phenoxy) is 1. The first kappa shape index (κ1) is 10.5. The average molecular weight is 208 g/mol. The second-order valence-corrected chi connectivity index (χ2v) is 5.26. The molecule has 1 saturated heterocycles. The fourth-order valence-electron chi connectivity index (χ4n) is 2.22. The minimum Gasteiger partial charge on any atom is -0.444 e. The van der Waals surface area contributed by atoms with E-state index in [4.69, 9.17) is 4.74 Å². The number of hydrogen-bond acceptors (Lipinski definition) is 2. The van der Waals surface area contributed by atoms with Crippen molar-refractivity contribution < 1.29 is 9.53 Å². The number of amides is 1. The topological polar surface area (TPSA) is 29.5 Å². The zero-order valence-electron chi connectivity index (χ0n) is 9.62. The molecule has 2 rings (SSSR count). The Morgan fingerprint density at radius 2 is 2.20 bits per heavy atom. The van der Waals surface area contributed by atoms with E-state index in [2.05, 4.69) is 6.08 Å². The van der Waals surface area contributed by atoms with Crippen LogP contribution < -0.4 is 0 Å². The summed E-state index contributed by atoms with van der Waals surface area (Å²) in [4.78, 5) is 13.8. The second kappa shape index (κ2) is 3.54. The third-order valence-corrected chi connectivity index (χ3v) is 2.81. The number of carbonyl (C=O) groups is 1. The maximum absolute atomic E-state index is 11.9. The van der Waals surface area contributed by atoms with Crippen molar-refractivity contribution in [3.63, 3.8) is 0 Å². The molecule has 3 heteroatoms. The van der Waals surface area contributed by atoms with Crippen LogP contribution in [0.4, 0.5) is 4.79 Å². The number of rotatable bonds is 0. The van der Waals surface area contributed by atoms with Crippen molar-refractivity contribution >= 4 is 6.09 Å². The normalized spacial score (nSPS) is 29.4. The Hall–Kier alpha value is -0.990. The summed E-state index contributed by atoms with van der Waals surface area (Å²) < 4.78 is 5.40.